The number of rotatable bonds is 5. The molecule has 4 rings (SSSR count). The highest BCUT2D eigenvalue weighted by molar-refractivity contribution is 6.08. The molecule has 1 aliphatic carbocycles. The molecule has 4 amide bonds. The topological polar surface area (TPSA) is 109 Å². The lowest BCUT2D eigenvalue weighted by Gasteiger charge is -2.30. The number of amides is 4. The van der Waals surface area contributed by atoms with Crippen LogP contribution >= 0.6 is 0 Å². The number of carbonyl (C=O) groups excluding carboxylic acids is 3. The molecule has 1 aromatic rings. The van der Waals surface area contributed by atoms with Crippen LogP contribution in [0.25, 0.3) is 0 Å². The Bertz CT molecular complexity index is 903. The molecule has 3 aliphatic rings. The van der Waals surface area contributed by atoms with Gasteiger partial charge in [0, 0.05) is 38.3 Å². The Balaban J connectivity index is 1.25. The Kier molecular flexibility index (Phi) is 6.61. The van der Waals surface area contributed by atoms with Crippen LogP contribution in [0.1, 0.15) is 50.5 Å². The Morgan fingerprint density at radius 1 is 1.03 bits per heavy atom. The maximum atomic E-state index is 12.8. The number of nitrogens with zero attached hydrogens (tertiary/aromatic N) is 4. The second-order valence-corrected chi connectivity index (χ2v) is 8.84. The summed E-state index contributed by atoms with van der Waals surface area (Å²) in [4.78, 5) is 42.1. The third kappa shape index (κ3) is 4.70. The predicted molar refractivity (Wildman–Crippen MR) is 118 cm³/mol. The highest BCUT2D eigenvalue weighted by Crippen LogP contribution is 2.33. The van der Waals surface area contributed by atoms with Crippen LogP contribution in [0.5, 0.6) is 0 Å². The smallest absolute Gasteiger partial charge is 0.344 e. The number of hydrazine groups is 1. The minimum Gasteiger partial charge on any atom is -0.370 e. The SMILES string of the molecule is N#Cc1ccc(N2CCCN(CCC(=O)NN3C(=O)NC4(CCCCC4)C3=O)CC2)cc1. The van der Waals surface area contributed by atoms with E-state index in [1.54, 1.807) is 0 Å². The third-order valence-corrected chi connectivity index (χ3v) is 6.71. The van der Waals surface area contributed by atoms with E-state index in [0.717, 1.165) is 62.6 Å². The van der Waals surface area contributed by atoms with Crippen molar-refractivity contribution >= 4 is 23.5 Å². The summed E-state index contributed by atoms with van der Waals surface area (Å²) in [5, 5.41) is 12.6. The molecule has 3 fully saturated rings. The van der Waals surface area contributed by atoms with Crippen LogP contribution in [-0.2, 0) is 9.59 Å². The number of benzene rings is 1. The van der Waals surface area contributed by atoms with E-state index in [1.807, 2.05) is 24.3 Å². The molecule has 9 heteroatoms. The maximum absolute atomic E-state index is 12.8. The molecule has 2 heterocycles. The molecule has 0 atom stereocenters. The molecule has 170 valence electrons. The summed E-state index contributed by atoms with van der Waals surface area (Å²) >= 11 is 0. The lowest BCUT2D eigenvalue weighted by Crippen LogP contribution is -2.51. The Morgan fingerprint density at radius 3 is 2.50 bits per heavy atom. The lowest BCUT2D eigenvalue weighted by atomic mass is 9.82. The molecule has 1 aromatic carbocycles. The van der Waals surface area contributed by atoms with Crippen molar-refractivity contribution in [2.24, 2.45) is 0 Å². The fraction of sp³-hybridized carbons (Fsp3) is 0.565. The number of nitrogens with one attached hydrogen (secondary N) is 2. The van der Waals surface area contributed by atoms with Crippen LogP contribution in [0, 0.1) is 11.3 Å². The molecule has 0 radical (unpaired) electrons. The van der Waals surface area contributed by atoms with Gasteiger partial charge in [-0.25, -0.2) is 4.79 Å². The molecule has 9 nitrogen and oxygen atoms in total. The highest BCUT2D eigenvalue weighted by atomic mass is 16.2. The third-order valence-electron chi connectivity index (χ3n) is 6.71. The van der Waals surface area contributed by atoms with E-state index in [-0.39, 0.29) is 18.2 Å². The number of nitriles is 1. The molecule has 32 heavy (non-hydrogen) atoms. The summed E-state index contributed by atoms with van der Waals surface area (Å²) in [7, 11) is 0. The van der Waals surface area contributed by atoms with E-state index in [0.29, 0.717) is 24.9 Å². The first-order valence-electron chi connectivity index (χ1n) is 11.4. The van der Waals surface area contributed by atoms with Crippen LogP contribution in [0.4, 0.5) is 10.5 Å². The monoisotopic (exact) mass is 438 g/mol. The van der Waals surface area contributed by atoms with Gasteiger partial charge in [-0.3, -0.25) is 15.0 Å². The quantitative estimate of drug-likeness (QED) is 0.678. The number of urea groups is 1. The van der Waals surface area contributed by atoms with Crippen LogP contribution < -0.4 is 15.6 Å². The maximum Gasteiger partial charge on any atom is 0.344 e. The second-order valence-electron chi connectivity index (χ2n) is 8.84. The van der Waals surface area contributed by atoms with Crippen molar-refractivity contribution in [3.8, 4) is 6.07 Å². The highest BCUT2D eigenvalue weighted by Gasteiger charge is 2.52. The van der Waals surface area contributed by atoms with E-state index in [2.05, 4.69) is 26.6 Å². The summed E-state index contributed by atoms with van der Waals surface area (Å²) in [6.45, 7) is 4.02. The van der Waals surface area contributed by atoms with Gasteiger partial charge in [0.15, 0.2) is 0 Å². The van der Waals surface area contributed by atoms with Gasteiger partial charge in [-0.2, -0.15) is 10.3 Å². The standard InChI is InChI=1S/C23H30N6O3/c24-17-18-5-7-19(8-6-18)28-13-4-12-27(15-16-28)14-9-20(30)26-29-21(31)23(25-22(29)32)10-2-1-3-11-23/h5-8H,1-4,9-16H2,(H,25,32)(H,26,30). The normalized spacial score (nSPS) is 21.2. The lowest BCUT2D eigenvalue weighted by molar-refractivity contribution is -0.140. The van der Waals surface area contributed by atoms with Gasteiger partial charge in [-0.15, -0.1) is 0 Å². The van der Waals surface area contributed by atoms with Crippen LogP contribution in [0.3, 0.4) is 0 Å². The van der Waals surface area contributed by atoms with E-state index >= 15 is 0 Å². The summed E-state index contributed by atoms with van der Waals surface area (Å²) in [5.41, 5.74) is 3.43. The zero-order valence-corrected chi connectivity index (χ0v) is 18.3. The van der Waals surface area contributed by atoms with Crippen LogP contribution in [0.2, 0.25) is 0 Å². The van der Waals surface area contributed by atoms with Gasteiger partial charge in [-0.1, -0.05) is 19.3 Å². The first-order valence-corrected chi connectivity index (χ1v) is 11.4. The fourth-order valence-corrected chi connectivity index (χ4v) is 4.86. The molecule has 0 bridgehead atoms. The molecule has 2 saturated heterocycles. The van der Waals surface area contributed by atoms with Gasteiger partial charge < -0.3 is 15.1 Å². The van der Waals surface area contributed by atoms with Crippen molar-refractivity contribution in [2.45, 2.75) is 50.5 Å². The van der Waals surface area contributed by atoms with E-state index in [1.165, 1.54) is 0 Å². The number of hydrogen-bond donors (Lipinski definition) is 2. The average molecular weight is 439 g/mol. The first-order chi connectivity index (χ1) is 15.5. The van der Waals surface area contributed by atoms with Gasteiger partial charge in [-0.05, 0) is 50.1 Å². The number of carbonyl (C=O) groups is 3. The van der Waals surface area contributed by atoms with Crippen molar-refractivity contribution < 1.29 is 14.4 Å². The van der Waals surface area contributed by atoms with Gasteiger partial charge >= 0.3 is 6.03 Å². The van der Waals surface area contributed by atoms with Crippen molar-refractivity contribution in [1.82, 2.24) is 20.7 Å². The summed E-state index contributed by atoms with van der Waals surface area (Å²) in [6, 6.07) is 9.21. The first kappa shape index (κ1) is 22.1. The minimum absolute atomic E-state index is 0.223. The predicted octanol–water partition coefficient (Wildman–Crippen LogP) is 1.75. The molecule has 0 unspecified atom stereocenters. The molecule has 1 saturated carbocycles. The number of anilines is 1. The molecule has 1 spiro atoms. The van der Waals surface area contributed by atoms with E-state index in [9.17, 15) is 14.4 Å². The molecule has 2 aliphatic heterocycles. The average Bonchev–Trinajstić information content (AvgIpc) is 2.98. The zero-order chi connectivity index (χ0) is 22.6. The molecular formula is C23H30N6O3. The van der Waals surface area contributed by atoms with Crippen LogP contribution in [0.15, 0.2) is 24.3 Å². The second kappa shape index (κ2) is 9.57. The summed E-state index contributed by atoms with van der Waals surface area (Å²) in [6.07, 6.45) is 5.33. The van der Waals surface area contributed by atoms with Gasteiger partial charge in [0.1, 0.15) is 5.54 Å². The van der Waals surface area contributed by atoms with Crippen molar-refractivity contribution in [1.29, 1.82) is 5.26 Å². The van der Waals surface area contributed by atoms with Gasteiger partial charge in [0.25, 0.3) is 5.91 Å². The van der Waals surface area contributed by atoms with Crippen molar-refractivity contribution in [2.75, 3.05) is 37.6 Å². The summed E-state index contributed by atoms with van der Waals surface area (Å²) in [5.74, 6) is -0.655. The van der Waals surface area contributed by atoms with E-state index < -0.39 is 11.6 Å². The van der Waals surface area contributed by atoms with Crippen molar-refractivity contribution in [3.05, 3.63) is 29.8 Å². The Morgan fingerprint density at radius 2 is 1.78 bits per heavy atom. The largest absolute Gasteiger partial charge is 0.370 e. The van der Waals surface area contributed by atoms with Gasteiger partial charge in [0.2, 0.25) is 5.91 Å². The molecule has 0 aromatic heterocycles. The summed E-state index contributed by atoms with van der Waals surface area (Å²) < 4.78 is 0. The molecule has 2 N–H and O–H groups in total. The minimum atomic E-state index is -0.831. The molecular weight excluding hydrogens is 408 g/mol. The Hall–Kier alpha value is -3.12. The Labute approximate surface area is 188 Å². The van der Waals surface area contributed by atoms with Crippen molar-refractivity contribution in [3.63, 3.8) is 0 Å². The number of hydrogen-bond acceptors (Lipinski definition) is 6. The van der Waals surface area contributed by atoms with Crippen LogP contribution in [-0.4, -0.2) is 66.0 Å². The number of imide groups is 1. The zero-order valence-electron chi connectivity index (χ0n) is 18.3. The fourth-order valence-electron chi connectivity index (χ4n) is 4.86. The van der Waals surface area contributed by atoms with Gasteiger partial charge in [0.05, 0.1) is 11.6 Å². The van der Waals surface area contributed by atoms with E-state index in [4.69, 9.17) is 5.26 Å².